The van der Waals surface area contributed by atoms with Crippen molar-refractivity contribution in [3.05, 3.63) is 53.8 Å². The van der Waals surface area contributed by atoms with Crippen molar-refractivity contribution in [3.8, 4) is 5.75 Å². The van der Waals surface area contributed by atoms with Crippen LogP contribution in [0, 0.1) is 5.82 Å². The minimum Gasteiger partial charge on any atom is -0.506 e. The molecule has 90 valence electrons. The summed E-state index contributed by atoms with van der Waals surface area (Å²) in [6.07, 6.45) is 1.65. The van der Waals surface area contributed by atoms with E-state index in [-0.39, 0.29) is 11.6 Å². The molecular weight excluding hydrogens is 231 g/mol. The third kappa shape index (κ3) is 1.82. The molecule has 0 fully saturated rings. The molecule has 1 aliphatic heterocycles. The zero-order valence-electron chi connectivity index (χ0n) is 9.55. The van der Waals surface area contributed by atoms with Gasteiger partial charge in [0.1, 0.15) is 11.6 Å². The molecule has 0 amide bonds. The second-order valence-electron chi connectivity index (χ2n) is 4.13. The van der Waals surface area contributed by atoms with Gasteiger partial charge in [-0.1, -0.05) is 12.1 Å². The Bertz CT molecular complexity index is 625. The van der Waals surface area contributed by atoms with Crippen LogP contribution >= 0.6 is 0 Å². The number of hydrogen-bond acceptors (Lipinski definition) is 3. The Morgan fingerprint density at radius 3 is 2.83 bits per heavy atom. The van der Waals surface area contributed by atoms with E-state index in [0.29, 0.717) is 12.2 Å². The van der Waals surface area contributed by atoms with Crippen molar-refractivity contribution < 1.29 is 9.50 Å². The fourth-order valence-electron chi connectivity index (χ4n) is 2.02. The first-order valence-electron chi connectivity index (χ1n) is 5.61. The van der Waals surface area contributed by atoms with Crippen molar-refractivity contribution in [2.24, 2.45) is 4.99 Å². The van der Waals surface area contributed by atoms with Crippen molar-refractivity contribution in [2.75, 3.05) is 4.90 Å². The minimum absolute atomic E-state index is 0.184. The summed E-state index contributed by atoms with van der Waals surface area (Å²) in [5, 5.41) is 9.79. The molecule has 4 heteroatoms. The number of anilines is 1. The summed E-state index contributed by atoms with van der Waals surface area (Å²) in [7, 11) is 0. The number of benzene rings is 2. The van der Waals surface area contributed by atoms with Gasteiger partial charge < -0.3 is 10.0 Å². The Morgan fingerprint density at radius 1 is 1.17 bits per heavy atom. The molecule has 0 aromatic heterocycles. The molecule has 0 saturated carbocycles. The molecule has 0 saturated heterocycles. The molecule has 0 unspecified atom stereocenters. The largest absolute Gasteiger partial charge is 0.506 e. The van der Waals surface area contributed by atoms with Crippen LogP contribution in [0.2, 0.25) is 0 Å². The molecule has 0 spiro atoms. The number of aromatic hydroxyl groups is 1. The zero-order valence-corrected chi connectivity index (χ0v) is 9.55. The van der Waals surface area contributed by atoms with Gasteiger partial charge >= 0.3 is 0 Å². The molecular formula is C14H11FN2O. The Labute approximate surface area is 104 Å². The van der Waals surface area contributed by atoms with E-state index in [9.17, 15) is 9.50 Å². The van der Waals surface area contributed by atoms with Gasteiger partial charge in [0.2, 0.25) is 0 Å². The highest BCUT2D eigenvalue weighted by atomic mass is 19.1. The van der Waals surface area contributed by atoms with Crippen molar-refractivity contribution in [1.82, 2.24) is 0 Å². The predicted octanol–water partition coefficient (Wildman–Crippen LogP) is 3.21. The second-order valence-corrected chi connectivity index (χ2v) is 4.13. The summed E-state index contributed by atoms with van der Waals surface area (Å²) in [4.78, 5) is 6.04. The maximum absolute atomic E-state index is 13.2. The Balaban J connectivity index is 1.98. The summed E-state index contributed by atoms with van der Waals surface area (Å²) >= 11 is 0. The van der Waals surface area contributed by atoms with Crippen LogP contribution in [-0.2, 0) is 6.54 Å². The van der Waals surface area contributed by atoms with Gasteiger partial charge in [0.05, 0.1) is 24.3 Å². The summed E-state index contributed by atoms with van der Waals surface area (Å²) in [5.41, 5.74) is 2.24. The highest BCUT2D eigenvalue weighted by Crippen LogP contribution is 2.32. The van der Waals surface area contributed by atoms with Crippen LogP contribution in [0.25, 0.3) is 0 Å². The third-order valence-corrected chi connectivity index (χ3v) is 2.91. The lowest BCUT2D eigenvalue weighted by Gasteiger charge is -2.24. The van der Waals surface area contributed by atoms with Gasteiger partial charge in [-0.15, -0.1) is 0 Å². The third-order valence-electron chi connectivity index (χ3n) is 2.91. The lowest BCUT2D eigenvalue weighted by atomic mass is 10.1. The Morgan fingerprint density at radius 2 is 2.00 bits per heavy atom. The van der Waals surface area contributed by atoms with Gasteiger partial charge in [0.15, 0.2) is 0 Å². The molecule has 0 atom stereocenters. The van der Waals surface area contributed by atoms with Gasteiger partial charge in [-0.05, 0) is 30.3 Å². The molecule has 3 nitrogen and oxygen atoms in total. The van der Waals surface area contributed by atoms with Crippen LogP contribution in [0.5, 0.6) is 5.75 Å². The average Bonchev–Trinajstić information content (AvgIpc) is 2.38. The average molecular weight is 242 g/mol. The normalized spacial score (nSPS) is 13.5. The first kappa shape index (κ1) is 10.8. The standard InChI is InChI=1S/C14H11FN2O/c15-11-5-6-12-10(7-11)8-17(9-16-12)13-3-1-2-4-14(13)18/h1-7,9,18H,8H2. The molecule has 2 aromatic carbocycles. The molecule has 2 aromatic rings. The van der Waals surface area contributed by atoms with Crippen LogP contribution < -0.4 is 4.90 Å². The fourth-order valence-corrected chi connectivity index (χ4v) is 2.02. The van der Waals surface area contributed by atoms with Crippen molar-refractivity contribution in [2.45, 2.75) is 6.54 Å². The van der Waals surface area contributed by atoms with E-state index in [4.69, 9.17) is 0 Å². The minimum atomic E-state index is -0.275. The topological polar surface area (TPSA) is 35.8 Å². The van der Waals surface area contributed by atoms with E-state index in [0.717, 1.165) is 11.3 Å². The van der Waals surface area contributed by atoms with Gasteiger partial charge in [-0.25, -0.2) is 9.38 Å². The second kappa shape index (κ2) is 4.14. The number of fused-ring (bicyclic) bond motifs is 1. The van der Waals surface area contributed by atoms with E-state index in [2.05, 4.69) is 4.99 Å². The SMILES string of the molecule is Oc1ccccc1N1C=Nc2ccc(F)cc2C1. The number of rotatable bonds is 1. The van der Waals surface area contributed by atoms with Crippen LogP contribution in [0.15, 0.2) is 47.5 Å². The predicted molar refractivity (Wildman–Crippen MR) is 68.8 cm³/mol. The summed E-state index contributed by atoms with van der Waals surface area (Å²) < 4.78 is 13.2. The van der Waals surface area contributed by atoms with E-state index in [1.54, 1.807) is 35.5 Å². The molecule has 0 aliphatic carbocycles. The Hall–Kier alpha value is -2.36. The lowest BCUT2D eigenvalue weighted by molar-refractivity contribution is 0.475. The molecule has 1 heterocycles. The molecule has 1 aliphatic rings. The summed E-state index contributed by atoms with van der Waals surface area (Å²) in [6, 6.07) is 11.5. The molecule has 3 rings (SSSR count). The molecule has 0 bridgehead atoms. The highest BCUT2D eigenvalue weighted by Gasteiger charge is 2.15. The van der Waals surface area contributed by atoms with Gasteiger partial charge in [-0.2, -0.15) is 0 Å². The first-order chi connectivity index (χ1) is 8.74. The summed E-state index contributed by atoms with van der Waals surface area (Å²) in [6.45, 7) is 0.494. The quantitative estimate of drug-likeness (QED) is 0.833. The number of halogens is 1. The smallest absolute Gasteiger partial charge is 0.139 e. The molecule has 18 heavy (non-hydrogen) atoms. The zero-order chi connectivity index (χ0) is 12.5. The van der Waals surface area contributed by atoms with Crippen molar-refractivity contribution in [3.63, 3.8) is 0 Å². The number of aliphatic imine (C=N–C) groups is 1. The van der Waals surface area contributed by atoms with E-state index in [1.165, 1.54) is 12.1 Å². The van der Waals surface area contributed by atoms with Crippen LogP contribution in [-0.4, -0.2) is 11.4 Å². The number of para-hydroxylation sites is 2. The fraction of sp³-hybridized carbons (Fsp3) is 0.0714. The van der Waals surface area contributed by atoms with Crippen molar-refractivity contribution in [1.29, 1.82) is 0 Å². The lowest BCUT2D eigenvalue weighted by Crippen LogP contribution is -2.23. The van der Waals surface area contributed by atoms with Crippen LogP contribution in [0.4, 0.5) is 15.8 Å². The van der Waals surface area contributed by atoms with Crippen molar-refractivity contribution >= 4 is 17.7 Å². The summed E-state index contributed by atoms with van der Waals surface area (Å²) in [5.74, 6) is -0.0908. The van der Waals surface area contributed by atoms with Gasteiger partial charge in [0.25, 0.3) is 0 Å². The molecule has 1 N–H and O–H groups in total. The number of phenolic OH excluding ortho intramolecular Hbond substituents is 1. The van der Waals surface area contributed by atoms with Gasteiger partial charge in [0, 0.05) is 5.56 Å². The maximum atomic E-state index is 13.2. The molecule has 0 radical (unpaired) electrons. The maximum Gasteiger partial charge on any atom is 0.139 e. The number of hydrogen-bond donors (Lipinski definition) is 1. The monoisotopic (exact) mass is 242 g/mol. The van der Waals surface area contributed by atoms with Gasteiger partial charge in [-0.3, -0.25) is 0 Å². The van der Waals surface area contributed by atoms with E-state index in [1.807, 2.05) is 6.07 Å². The first-order valence-corrected chi connectivity index (χ1v) is 5.61. The van der Waals surface area contributed by atoms with E-state index < -0.39 is 0 Å². The van der Waals surface area contributed by atoms with E-state index >= 15 is 0 Å². The number of phenols is 1. The Kier molecular flexibility index (Phi) is 2.48. The number of nitrogens with zero attached hydrogens (tertiary/aromatic N) is 2. The van der Waals surface area contributed by atoms with Crippen LogP contribution in [0.1, 0.15) is 5.56 Å². The highest BCUT2D eigenvalue weighted by molar-refractivity contribution is 5.86. The van der Waals surface area contributed by atoms with Crippen LogP contribution in [0.3, 0.4) is 0 Å².